The van der Waals surface area contributed by atoms with Gasteiger partial charge in [-0.1, -0.05) is 37.3 Å². The van der Waals surface area contributed by atoms with Crippen LogP contribution in [0, 0.1) is 5.41 Å². The van der Waals surface area contributed by atoms with Crippen LogP contribution < -0.4 is 5.73 Å². The third-order valence-corrected chi connectivity index (χ3v) is 4.07. The Morgan fingerprint density at radius 3 is 2.55 bits per heavy atom. The van der Waals surface area contributed by atoms with E-state index >= 15 is 0 Å². The van der Waals surface area contributed by atoms with Gasteiger partial charge < -0.3 is 10.6 Å². The van der Waals surface area contributed by atoms with E-state index in [1.165, 1.54) is 0 Å². The van der Waals surface area contributed by atoms with E-state index in [0.717, 1.165) is 13.0 Å². The number of hydrogen-bond acceptors (Lipinski definition) is 3. The third kappa shape index (κ3) is 3.45. The van der Waals surface area contributed by atoms with Crippen molar-refractivity contribution in [3.05, 3.63) is 35.9 Å². The largest absolute Gasteiger partial charge is 0.342 e. The quantitative estimate of drug-likeness (QED) is 0.833. The van der Waals surface area contributed by atoms with Crippen molar-refractivity contribution in [2.75, 3.05) is 19.6 Å². The molecule has 1 amide bonds. The molecule has 20 heavy (non-hydrogen) atoms. The van der Waals surface area contributed by atoms with E-state index in [0.29, 0.717) is 18.7 Å². The van der Waals surface area contributed by atoms with Crippen LogP contribution in [0.5, 0.6) is 0 Å². The van der Waals surface area contributed by atoms with Gasteiger partial charge in [0, 0.05) is 31.5 Å². The van der Waals surface area contributed by atoms with Crippen LogP contribution in [-0.4, -0.2) is 36.2 Å². The standard InChI is InChI=1S/C16H22N2O2/c1-16(11-17)9-10-18(12-16)15(20)8-7-14(19)13-5-3-2-4-6-13/h2-6H,7-12,17H2,1H3. The summed E-state index contributed by atoms with van der Waals surface area (Å²) in [7, 11) is 0. The van der Waals surface area contributed by atoms with E-state index in [4.69, 9.17) is 5.73 Å². The van der Waals surface area contributed by atoms with Crippen molar-refractivity contribution >= 4 is 11.7 Å². The van der Waals surface area contributed by atoms with Crippen LogP contribution >= 0.6 is 0 Å². The Kier molecular flexibility index (Phi) is 4.55. The number of hydrogen-bond donors (Lipinski definition) is 1. The molecule has 1 aromatic carbocycles. The molecule has 0 aliphatic carbocycles. The first kappa shape index (κ1) is 14.7. The van der Waals surface area contributed by atoms with Crippen molar-refractivity contribution in [2.24, 2.45) is 11.1 Å². The summed E-state index contributed by atoms with van der Waals surface area (Å²) in [6.07, 6.45) is 1.51. The van der Waals surface area contributed by atoms with Gasteiger partial charge in [0.25, 0.3) is 0 Å². The van der Waals surface area contributed by atoms with Crippen molar-refractivity contribution in [3.63, 3.8) is 0 Å². The molecule has 2 rings (SSSR count). The molecule has 0 bridgehead atoms. The molecule has 2 N–H and O–H groups in total. The Morgan fingerprint density at radius 2 is 1.95 bits per heavy atom. The molecule has 0 saturated carbocycles. The van der Waals surface area contributed by atoms with Gasteiger partial charge in [-0.15, -0.1) is 0 Å². The predicted molar refractivity (Wildman–Crippen MR) is 78.4 cm³/mol. The van der Waals surface area contributed by atoms with Crippen molar-refractivity contribution in [1.82, 2.24) is 4.90 Å². The molecule has 1 fully saturated rings. The fraction of sp³-hybridized carbons (Fsp3) is 0.500. The second-order valence-electron chi connectivity index (χ2n) is 5.87. The zero-order valence-corrected chi connectivity index (χ0v) is 12.0. The third-order valence-electron chi connectivity index (χ3n) is 4.07. The highest BCUT2D eigenvalue weighted by Crippen LogP contribution is 2.28. The lowest BCUT2D eigenvalue weighted by Crippen LogP contribution is -2.34. The molecule has 0 radical (unpaired) electrons. The number of ketones is 1. The Morgan fingerprint density at radius 1 is 1.25 bits per heavy atom. The molecule has 1 atom stereocenters. The van der Waals surface area contributed by atoms with Crippen LogP contribution in [0.15, 0.2) is 30.3 Å². The molecule has 1 unspecified atom stereocenters. The maximum Gasteiger partial charge on any atom is 0.223 e. The second kappa shape index (κ2) is 6.18. The predicted octanol–water partition coefficient (Wildman–Crippen LogP) is 1.85. The highest BCUT2D eigenvalue weighted by molar-refractivity contribution is 5.97. The minimum atomic E-state index is 0.0275. The van der Waals surface area contributed by atoms with Gasteiger partial charge in [0.2, 0.25) is 5.91 Å². The molecular weight excluding hydrogens is 252 g/mol. The molecule has 4 heteroatoms. The van der Waals surface area contributed by atoms with Crippen molar-refractivity contribution in [1.29, 1.82) is 0 Å². The summed E-state index contributed by atoms with van der Waals surface area (Å²) in [5.74, 6) is 0.0891. The van der Waals surface area contributed by atoms with Crippen LogP contribution in [0.4, 0.5) is 0 Å². The highest BCUT2D eigenvalue weighted by atomic mass is 16.2. The molecule has 4 nitrogen and oxygen atoms in total. The van der Waals surface area contributed by atoms with E-state index in [1.54, 1.807) is 12.1 Å². The lowest BCUT2D eigenvalue weighted by molar-refractivity contribution is -0.130. The minimum Gasteiger partial charge on any atom is -0.342 e. The number of nitrogens with two attached hydrogens (primary N) is 1. The van der Waals surface area contributed by atoms with E-state index in [2.05, 4.69) is 6.92 Å². The molecule has 1 aliphatic heterocycles. The van der Waals surface area contributed by atoms with Crippen molar-refractivity contribution in [2.45, 2.75) is 26.2 Å². The van der Waals surface area contributed by atoms with Crippen LogP contribution in [0.3, 0.4) is 0 Å². The van der Waals surface area contributed by atoms with Crippen LogP contribution in [0.1, 0.15) is 36.5 Å². The normalized spacial score (nSPS) is 22.0. The van der Waals surface area contributed by atoms with Gasteiger partial charge in [-0.05, 0) is 18.4 Å². The van der Waals surface area contributed by atoms with E-state index < -0.39 is 0 Å². The van der Waals surface area contributed by atoms with Gasteiger partial charge in [-0.3, -0.25) is 9.59 Å². The van der Waals surface area contributed by atoms with E-state index in [-0.39, 0.29) is 29.9 Å². The number of carbonyl (C=O) groups excluding carboxylic acids is 2. The first-order chi connectivity index (χ1) is 9.54. The molecule has 0 aromatic heterocycles. The maximum absolute atomic E-state index is 12.1. The summed E-state index contributed by atoms with van der Waals surface area (Å²) in [6.45, 7) is 4.17. The summed E-state index contributed by atoms with van der Waals surface area (Å²) >= 11 is 0. The summed E-state index contributed by atoms with van der Waals surface area (Å²) in [5.41, 5.74) is 6.45. The monoisotopic (exact) mass is 274 g/mol. The van der Waals surface area contributed by atoms with E-state index in [1.807, 2.05) is 23.1 Å². The number of likely N-dealkylation sites (tertiary alicyclic amines) is 1. The van der Waals surface area contributed by atoms with Crippen molar-refractivity contribution < 1.29 is 9.59 Å². The fourth-order valence-corrected chi connectivity index (χ4v) is 2.55. The molecule has 1 aromatic rings. The number of carbonyl (C=O) groups is 2. The van der Waals surface area contributed by atoms with Crippen LogP contribution in [0.25, 0.3) is 0 Å². The first-order valence-electron chi connectivity index (χ1n) is 7.10. The molecule has 1 saturated heterocycles. The van der Waals surface area contributed by atoms with Crippen LogP contribution in [0.2, 0.25) is 0 Å². The second-order valence-corrected chi connectivity index (χ2v) is 5.87. The summed E-state index contributed by atoms with van der Waals surface area (Å²) in [6, 6.07) is 9.12. The molecule has 108 valence electrons. The molecule has 1 aliphatic rings. The highest BCUT2D eigenvalue weighted by Gasteiger charge is 2.34. The SMILES string of the molecule is CC1(CN)CCN(C(=O)CCC(=O)c2ccccc2)C1. The Balaban J connectivity index is 1.83. The fourth-order valence-electron chi connectivity index (χ4n) is 2.55. The Bertz CT molecular complexity index is 487. The molecule has 0 spiro atoms. The Labute approximate surface area is 119 Å². The van der Waals surface area contributed by atoms with Gasteiger partial charge in [0.05, 0.1) is 0 Å². The van der Waals surface area contributed by atoms with Crippen LogP contribution in [-0.2, 0) is 4.79 Å². The summed E-state index contributed by atoms with van der Waals surface area (Å²) in [5, 5.41) is 0. The first-order valence-corrected chi connectivity index (χ1v) is 7.10. The van der Waals surface area contributed by atoms with E-state index in [9.17, 15) is 9.59 Å². The Hall–Kier alpha value is -1.68. The number of amides is 1. The maximum atomic E-state index is 12.1. The lowest BCUT2D eigenvalue weighted by Gasteiger charge is -2.22. The topological polar surface area (TPSA) is 63.4 Å². The number of benzene rings is 1. The van der Waals surface area contributed by atoms with Gasteiger partial charge >= 0.3 is 0 Å². The molecular formula is C16H22N2O2. The van der Waals surface area contributed by atoms with Gasteiger partial charge in [0.1, 0.15) is 0 Å². The average Bonchev–Trinajstić information content (AvgIpc) is 2.89. The zero-order chi connectivity index (χ0) is 14.6. The smallest absolute Gasteiger partial charge is 0.223 e. The number of Topliss-reactive ketones (excluding diaryl/α,β-unsaturated/α-hetero) is 1. The molecule has 1 heterocycles. The summed E-state index contributed by atoms with van der Waals surface area (Å²) < 4.78 is 0. The lowest BCUT2D eigenvalue weighted by atomic mass is 9.90. The minimum absolute atomic E-state index is 0.0275. The number of nitrogens with zero attached hydrogens (tertiary/aromatic N) is 1. The number of rotatable bonds is 5. The average molecular weight is 274 g/mol. The zero-order valence-electron chi connectivity index (χ0n) is 12.0. The van der Waals surface area contributed by atoms with Gasteiger partial charge in [-0.2, -0.15) is 0 Å². The van der Waals surface area contributed by atoms with Gasteiger partial charge in [0.15, 0.2) is 5.78 Å². The van der Waals surface area contributed by atoms with Gasteiger partial charge in [-0.25, -0.2) is 0 Å². The van der Waals surface area contributed by atoms with Crippen molar-refractivity contribution in [3.8, 4) is 0 Å². The summed E-state index contributed by atoms with van der Waals surface area (Å²) in [4.78, 5) is 25.9.